The molecule has 1 fully saturated rings. The number of unbranched alkanes of at least 4 members (excludes halogenated alkanes) is 2. The monoisotopic (exact) mass is 388 g/mol. The molecule has 0 saturated heterocycles. The first-order valence-corrected chi connectivity index (χ1v) is 10.1. The number of carboxylic acids is 1. The molecular weight excluding hydrogens is 352 g/mol. The third kappa shape index (κ3) is 8.70. The highest BCUT2D eigenvalue weighted by Crippen LogP contribution is 2.37. The summed E-state index contributed by atoms with van der Waals surface area (Å²) in [6.07, 6.45) is 3.34. The van der Waals surface area contributed by atoms with Crippen molar-refractivity contribution in [2.75, 3.05) is 0 Å². The van der Waals surface area contributed by atoms with E-state index < -0.39 is 48.3 Å². The van der Waals surface area contributed by atoms with E-state index in [2.05, 4.69) is 6.92 Å². The minimum atomic E-state index is -1.10. The number of carbonyl (C=O) groups is 1. The van der Waals surface area contributed by atoms with Crippen LogP contribution < -0.4 is 0 Å². The Morgan fingerprint density at radius 3 is 2.37 bits per heavy atom. The van der Waals surface area contributed by atoms with E-state index in [1.165, 1.54) is 0 Å². The third-order valence-electron chi connectivity index (χ3n) is 5.42. The van der Waals surface area contributed by atoms with Gasteiger partial charge < -0.3 is 30.6 Å². The third-order valence-corrected chi connectivity index (χ3v) is 5.42. The van der Waals surface area contributed by atoms with E-state index >= 15 is 0 Å². The SMILES string of the molecule is CCCCC[C@H](O)/C=C/[C@@H]1[C@@H](CC(O)C(O)CCCC(=O)O)[C@@H](O)C[C@H]1O. The molecule has 0 bridgehead atoms. The molecule has 7 atom stereocenters. The Bertz CT molecular complexity index is 454. The summed E-state index contributed by atoms with van der Waals surface area (Å²) >= 11 is 0. The first-order chi connectivity index (χ1) is 12.8. The molecule has 27 heavy (non-hydrogen) atoms. The molecule has 2 unspecified atom stereocenters. The molecule has 1 aliphatic rings. The second kappa shape index (κ2) is 12.5. The molecule has 0 aromatic rings. The second-order valence-corrected chi connectivity index (χ2v) is 7.72. The molecule has 7 nitrogen and oxygen atoms in total. The van der Waals surface area contributed by atoms with E-state index in [-0.39, 0.29) is 32.1 Å². The lowest BCUT2D eigenvalue weighted by atomic mass is 9.86. The fourth-order valence-corrected chi connectivity index (χ4v) is 3.75. The van der Waals surface area contributed by atoms with Crippen LogP contribution in [0.15, 0.2) is 12.2 Å². The summed E-state index contributed by atoms with van der Waals surface area (Å²) in [5.41, 5.74) is 0. The van der Waals surface area contributed by atoms with Crippen molar-refractivity contribution in [3.05, 3.63) is 12.2 Å². The van der Waals surface area contributed by atoms with Crippen molar-refractivity contribution < 1.29 is 35.4 Å². The van der Waals surface area contributed by atoms with Crippen LogP contribution >= 0.6 is 0 Å². The van der Waals surface area contributed by atoms with E-state index in [1.54, 1.807) is 12.2 Å². The lowest BCUT2D eigenvalue weighted by Crippen LogP contribution is -2.33. The largest absolute Gasteiger partial charge is 0.481 e. The summed E-state index contributed by atoms with van der Waals surface area (Å²) in [4.78, 5) is 10.5. The summed E-state index contributed by atoms with van der Waals surface area (Å²) in [6.45, 7) is 2.09. The van der Waals surface area contributed by atoms with Crippen molar-refractivity contribution in [2.45, 2.75) is 95.2 Å². The van der Waals surface area contributed by atoms with Gasteiger partial charge in [0.05, 0.1) is 30.5 Å². The van der Waals surface area contributed by atoms with Crippen LogP contribution in [0.2, 0.25) is 0 Å². The summed E-state index contributed by atoms with van der Waals surface area (Å²) in [5.74, 6) is -1.78. The van der Waals surface area contributed by atoms with E-state index in [1.807, 2.05) is 0 Å². The van der Waals surface area contributed by atoms with Gasteiger partial charge in [0, 0.05) is 18.8 Å². The highest BCUT2D eigenvalue weighted by molar-refractivity contribution is 5.66. The fourth-order valence-electron chi connectivity index (χ4n) is 3.75. The van der Waals surface area contributed by atoms with Crippen molar-refractivity contribution in [2.24, 2.45) is 11.8 Å². The van der Waals surface area contributed by atoms with Crippen LogP contribution in [0.5, 0.6) is 0 Å². The molecule has 0 aromatic heterocycles. The average Bonchev–Trinajstić information content (AvgIpc) is 2.86. The highest BCUT2D eigenvalue weighted by Gasteiger charge is 2.41. The standard InChI is InChI=1S/C20H36O7/c1-2-3-4-6-13(21)9-10-14-15(18(24)12-17(14)23)11-19(25)16(22)7-5-8-20(26)27/h9-10,13-19,21-25H,2-8,11-12H2,1H3,(H,26,27)/b10-9+/t13-,14+,15+,16?,17+,18-,19?/m0/s1. The molecule has 0 amide bonds. The summed E-state index contributed by atoms with van der Waals surface area (Å²) < 4.78 is 0. The van der Waals surface area contributed by atoms with Crippen LogP contribution in [0, 0.1) is 11.8 Å². The second-order valence-electron chi connectivity index (χ2n) is 7.72. The maximum atomic E-state index is 10.5. The van der Waals surface area contributed by atoms with E-state index in [4.69, 9.17) is 5.11 Å². The van der Waals surface area contributed by atoms with Gasteiger partial charge in [0.25, 0.3) is 0 Å². The maximum absolute atomic E-state index is 10.5. The Hall–Kier alpha value is -0.990. The van der Waals surface area contributed by atoms with Gasteiger partial charge >= 0.3 is 5.97 Å². The average molecular weight is 389 g/mol. The Morgan fingerprint density at radius 2 is 1.74 bits per heavy atom. The van der Waals surface area contributed by atoms with Crippen LogP contribution in [-0.4, -0.2) is 67.1 Å². The molecule has 0 spiro atoms. The van der Waals surface area contributed by atoms with Crippen molar-refractivity contribution in [3.8, 4) is 0 Å². The molecule has 0 radical (unpaired) electrons. The quantitative estimate of drug-likeness (QED) is 0.206. The van der Waals surface area contributed by atoms with Crippen LogP contribution in [-0.2, 0) is 4.79 Å². The smallest absolute Gasteiger partial charge is 0.303 e. The van der Waals surface area contributed by atoms with Gasteiger partial charge in [0.1, 0.15) is 0 Å². The van der Waals surface area contributed by atoms with Crippen molar-refractivity contribution >= 4 is 5.97 Å². The topological polar surface area (TPSA) is 138 Å². The minimum Gasteiger partial charge on any atom is -0.481 e. The van der Waals surface area contributed by atoms with Gasteiger partial charge in [-0.2, -0.15) is 0 Å². The summed E-state index contributed by atoms with van der Waals surface area (Å²) in [7, 11) is 0. The molecule has 0 heterocycles. The van der Waals surface area contributed by atoms with Crippen LogP contribution in [0.4, 0.5) is 0 Å². The minimum absolute atomic E-state index is 0.0736. The maximum Gasteiger partial charge on any atom is 0.303 e. The lowest BCUT2D eigenvalue weighted by Gasteiger charge is -2.26. The van der Waals surface area contributed by atoms with Gasteiger partial charge in [0.15, 0.2) is 0 Å². The molecule has 7 heteroatoms. The first kappa shape index (κ1) is 24.0. The first-order valence-electron chi connectivity index (χ1n) is 10.1. The molecule has 1 rings (SSSR count). The van der Waals surface area contributed by atoms with E-state index in [9.17, 15) is 30.3 Å². The van der Waals surface area contributed by atoms with Gasteiger partial charge in [0.2, 0.25) is 0 Å². The number of rotatable bonds is 13. The van der Waals surface area contributed by atoms with Crippen molar-refractivity contribution in [1.82, 2.24) is 0 Å². The number of hydrogen-bond acceptors (Lipinski definition) is 6. The van der Waals surface area contributed by atoms with E-state index in [0.717, 1.165) is 19.3 Å². The molecule has 0 aliphatic heterocycles. The Kier molecular flexibility index (Phi) is 11.1. The Morgan fingerprint density at radius 1 is 1.04 bits per heavy atom. The van der Waals surface area contributed by atoms with Gasteiger partial charge in [-0.25, -0.2) is 0 Å². The Labute approximate surface area is 161 Å². The van der Waals surface area contributed by atoms with E-state index in [0.29, 0.717) is 6.42 Å². The zero-order valence-electron chi connectivity index (χ0n) is 16.2. The lowest BCUT2D eigenvalue weighted by molar-refractivity contribution is -0.137. The van der Waals surface area contributed by atoms with Gasteiger partial charge in [-0.1, -0.05) is 38.3 Å². The van der Waals surface area contributed by atoms with Crippen LogP contribution in [0.3, 0.4) is 0 Å². The summed E-state index contributed by atoms with van der Waals surface area (Å²) in [6, 6.07) is 0. The number of hydrogen-bond donors (Lipinski definition) is 6. The van der Waals surface area contributed by atoms with Crippen LogP contribution in [0.25, 0.3) is 0 Å². The fraction of sp³-hybridized carbons (Fsp3) is 0.850. The zero-order valence-corrected chi connectivity index (χ0v) is 16.2. The number of aliphatic carboxylic acids is 1. The number of aliphatic hydroxyl groups excluding tert-OH is 5. The molecule has 6 N–H and O–H groups in total. The van der Waals surface area contributed by atoms with Gasteiger partial charge in [-0.05, 0) is 31.6 Å². The number of carboxylic acid groups (broad SMARTS) is 1. The van der Waals surface area contributed by atoms with Gasteiger partial charge in [-0.3, -0.25) is 4.79 Å². The molecule has 1 saturated carbocycles. The molecule has 1 aliphatic carbocycles. The van der Waals surface area contributed by atoms with Crippen molar-refractivity contribution in [3.63, 3.8) is 0 Å². The zero-order chi connectivity index (χ0) is 20.4. The Balaban J connectivity index is 2.58. The van der Waals surface area contributed by atoms with Crippen LogP contribution in [0.1, 0.15) is 64.7 Å². The normalized spacial score (nSPS) is 29.1. The highest BCUT2D eigenvalue weighted by atomic mass is 16.4. The molecule has 158 valence electrons. The van der Waals surface area contributed by atoms with Gasteiger partial charge in [-0.15, -0.1) is 0 Å². The number of aliphatic hydroxyl groups is 5. The predicted octanol–water partition coefficient (Wildman–Crippen LogP) is 1.21. The predicted molar refractivity (Wildman–Crippen MR) is 101 cm³/mol. The van der Waals surface area contributed by atoms with Crippen molar-refractivity contribution in [1.29, 1.82) is 0 Å². The molecule has 0 aromatic carbocycles. The molecular formula is C20H36O7. The summed E-state index contributed by atoms with van der Waals surface area (Å²) in [5, 5.41) is 59.3.